The number of aromatic nitrogens is 6. The average molecular weight is 566 g/mol. The molecule has 10 nitrogen and oxygen atoms in total. The summed E-state index contributed by atoms with van der Waals surface area (Å²) in [5.74, 6) is 2.67. The van der Waals surface area contributed by atoms with Crippen molar-refractivity contribution in [1.29, 1.82) is 0 Å². The highest BCUT2D eigenvalue weighted by Crippen LogP contribution is 2.39. The van der Waals surface area contributed by atoms with Crippen molar-refractivity contribution < 1.29 is 14.0 Å². The number of hydrogen-bond acceptors (Lipinski definition) is 9. The van der Waals surface area contributed by atoms with Crippen LogP contribution in [0.5, 0.6) is 0 Å². The fraction of sp³-hybridized carbons (Fsp3) is 0.552. The second kappa shape index (κ2) is 11.8. The number of halogens is 1. The highest BCUT2D eigenvalue weighted by Gasteiger charge is 2.38. The molecule has 0 N–H and O–H groups in total. The molecule has 1 aliphatic heterocycles. The van der Waals surface area contributed by atoms with Gasteiger partial charge >= 0.3 is 0 Å². The SMILES string of the molecule is COC[C@@H]1CC[C@@H](COC)N1c1nc2cc(-c3ncon3)nc(-c3cncc(Cl)c3)c2n1CC1CCC(C)CC1. The minimum Gasteiger partial charge on any atom is -0.383 e. The van der Waals surface area contributed by atoms with E-state index in [1.807, 2.05) is 12.1 Å². The molecule has 1 saturated heterocycles. The Balaban J connectivity index is 1.58. The highest BCUT2D eigenvalue weighted by atomic mass is 35.5. The van der Waals surface area contributed by atoms with E-state index in [2.05, 4.69) is 31.5 Å². The molecule has 4 aromatic heterocycles. The van der Waals surface area contributed by atoms with Crippen LogP contribution in [0.25, 0.3) is 33.8 Å². The number of pyridine rings is 2. The third-order valence-corrected chi connectivity index (χ3v) is 8.62. The summed E-state index contributed by atoms with van der Waals surface area (Å²) < 4.78 is 18.8. The van der Waals surface area contributed by atoms with E-state index in [9.17, 15) is 0 Å². The molecule has 1 aliphatic carbocycles. The topological polar surface area (TPSA) is 104 Å². The van der Waals surface area contributed by atoms with Crippen molar-refractivity contribution in [3.8, 4) is 22.8 Å². The van der Waals surface area contributed by atoms with E-state index in [4.69, 9.17) is 35.6 Å². The second-order valence-corrected chi connectivity index (χ2v) is 11.7. The van der Waals surface area contributed by atoms with Gasteiger partial charge in [-0.3, -0.25) is 4.98 Å². The first-order valence-corrected chi connectivity index (χ1v) is 14.5. The summed E-state index contributed by atoms with van der Waals surface area (Å²) >= 11 is 6.42. The number of rotatable bonds is 9. The van der Waals surface area contributed by atoms with Gasteiger partial charge in [0.1, 0.15) is 5.69 Å². The molecular formula is C29H36ClN7O3. The van der Waals surface area contributed by atoms with E-state index >= 15 is 0 Å². The minimum absolute atomic E-state index is 0.202. The molecule has 5 heterocycles. The largest absolute Gasteiger partial charge is 0.383 e. The Kier molecular flexibility index (Phi) is 8.00. The first-order valence-electron chi connectivity index (χ1n) is 14.1. The first kappa shape index (κ1) is 27.1. The van der Waals surface area contributed by atoms with Crippen LogP contribution >= 0.6 is 11.6 Å². The van der Waals surface area contributed by atoms with E-state index in [1.165, 1.54) is 32.1 Å². The van der Waals surface area contributed by atoms with Crippen LogP contribution in [-0.4, -0.2) is 69.2 Å². The molecular weight excluding hydrogens is 530 g/mol. The molecule has 40 heavy (non-hydrogen) atoms. The molecule has 4 aromatic rings. The summed E-state index contributed by atoms with van der Waals surface area (Å²) in [5.41, 5.74) is 3.94. The molecule has 2 aliphatic rings. The van der Waals surface area contributed by atoms with Crippen LogP contribution in [0.3, 0.4) is 0 Å². The molecule has 0 spiro atoms. The Labute approximate surface area is 239 Å². The van der Waals surface area contributed by atoms with Gasteiger partial charge < -0.3 is 23.5 Å². The molecule has 2 atom stereocenters. The van der Waals surface area contributed by atoms with Gasteiger partial charge in [0.05, 0.1) is 47.0 Å². The zero-order valence-corrected chi connectivity index (χ0v) is 24.0. The smallest absolute Gasteiger partial charge is 0.220 e. The second-order valence-electron chi connectivity index (χ2n) is 11.2. The first-order chi connectivity index (χ1) is 19.6. The van der Waals surface area contributed by atoms with E-state index in [0.717, 1.165) is 53.5 Å². The Morgan fingerprint density at radius 1 is 0.975 bits per heavy atom. The van der Waals surface area contributed by atoms with Gasteiger partial charge in [-0.15, -0.1) is 0 Å². The monoisotopic (exact) mass is 565 g/mol. The van der Waals surface area contributed by atoms with Crippen molar-refractivity contribution in [3.05, 3.63) is 35.9 Å². The van der Waals surface area contributed by atoms with Gasteiger partial charge in [-0.25, -0.2) is 9.97 Å². The maximum Gasteiger partial charge on any atom is 0.220 e. The summed E-state index contributed by atoms with van der Waals surface area (Å²) in [6.45, 7) is 4.47. The summed E-state index contributed by atoms with van der Waals surface area (Å²) in [4.78, 5) is 21.4. The van der Waals surface area contributed by atoms with E-state index < -0.39 is 0 Å². The summed E-state index contributed by atoms with van der Waals surface area (Å²) in [7, 11) is 3.53. The zero-order chi connectivity index (χ0) is 27.6. The Hall–Kier alpha value is -3.08. The maximum atomic E-state index is 6.42. The molecule has 0 aromatic carbocycles. The molecule has 1 saturated carbocycles. The third-order valence-electron chi connectivity index (χ3n) is 8.42. The van der Waals surface area contributed by atoms with Gasteiger partial charge in [-0.2, -0.15) is 4.98 Å². The summed E-state index contributed by atoms with van der Waals surface area (Å²) in [5, 5.41) is 4.60. The summed E-state index contributed by atoms with van der Waals surface area (Å²) in [6.07, 6.45) is 11.7. The zero-order valence-electron chi connectivity index (χ0n) is 23.3. The van der Waals surface area contributed by atoms with Gasteiger partial charge in [0.15, 0.2) is 0 Å². The quantitative estimate of drug-likeness (QED) is 0.254. The van der Waals surface area contributed by atoms with E-state index in [1.54, 1.807) is 26.6 Å². The van der Waals surface area contributed by atoms with Crippen LogP contribution < -0.4 is 4.90 Å². The van der Waals surface area contributed by atoms with Crippen molar-refractivity contribution in [2.45, 2.75) is 64.1 Å². The number of anilines is 1. The minimum atomic E-state index is 0.202. The molecule has 212 valence electrons. The predicted octanol–water partition coefficient (Wildman–Crippen LogP) is 5.65. The maximum absolute atomic E-state index is 6.42. The van der Waals surface area contributed by atoms with Gasteiger partial charge in [0, 0.05) is 38.7 Å². The van der Waals surface area contributed by atoms with Crippen molar-refractivity contribution in [2.24, 2.45) is 11.8 Å². The van der Waals surface area contributed by atoms with Crippen LogP contribution in [0.1, 0.15) is 45.4 Å². The van der Waals surface area contributed by atoms with Crippen molar-refractivity contribution in [2.75, 3.05) is 32.3 Å². The molecule has 0 unspecified atom stereocenters. The van der Waals surface area contributed by atoms with E-state index in [-0.39, 0.29) is 12.1 Å². The van der Waals surface area contributed by atoms with Crippen molar-refractivity contribution >= 4 is 28.6 Å². The molecule has 11 heteroatoms. The van der Waals surface area contributed by atoms with Gasteiger partial charge in [-0.1, -0.05) is 36.5 Å². The Morgan fingerprint density at radius 3 is 2.38 bits per heavy atom. The summed E-state index contributed by atoms with van der Waals surface area (Å²) in [6, 6.07) is 4.26. The van der Waals surface area contributed by atoms with Crippen molar-refractivity contribution in [1.82, 2.24) is 29.7 Å². The lowest BCUT2D eigenvalue weighted by atomic mass is 9.83. The molecule has 0 bridgehead atoms. The predicted molar refractivity (Wildman–Crippen MR) is 153 cm³/mol. The highest BCUT2D eigenvalue weighted by molar-refractivity contribution is 6.30. The lowest BCUT2D eigenvalue weighted by Gasteiger charge is -2.33. The van der Waals surface area contributed by atoms with Crippen LogP contribution in [-0.2, 0) is 16.0 Å². The lowest BCUT2D eigenvalue weighted by Crippen LogP contribution is -2.42. The third kappa shape index (κ3) is 5.32. The van der Waals surface area contributed by atoms with Crippen LogP contribution in [0.15, 0.2) is 35.4 Å². The molecule has 0 radical (unpaired) electrons. The average Bonchev–Trinajstić information content (AvgIpc) is 3.70. The molecule has 2 fully saturated rings. The number of imidazole rings is 1. The number of methoxy groups -OCH3 is 2. The number of nitrogens with zero attached hydrogens (tertiary/aromatic N) is 7. The fourth-order valence-corrected chi connectivity index (χ4v) is 6.60. The van der Waals surface area contributed by atoms with Gasteiger partial charge in [0.2, 0.25) is 18.2 Å². The fourth-order valence-electron chi connectivity index (χ4n) is 6.42. The van der Waals surface area contributed by atoms with Crippen molar-refractivity contribution in [3.63, 3.8) is 0 Å². The van der Waals surface area contributed by atoms with E-state index in [0.29, 0.717) is 35.7 Å². The normalized spacial score (nSPS) is 23.4. The van der Waals surface area contributed by atoms with Gasteiger partial charge in [0.25, 0.3) is 0 Å². The van der Waals surface area contributed by atoms with Crippen LogP contribution in [0, 0.1) is 11.8 Å². The Bertz CT molecular complexity index is 1420. The number of hydrogen-bond donors (Lipinski definition) is 0. The molecule has 0 amide bonds. The number of fused-ring (bicyclic) bond motifs is 1. The van der Waals surface area contributed by atoms with Gasteiger partial charge in [-0.05, 0) is 49.7 Å². The lowest BCUT2D eigenvalue weighted by molar-refractivity contribution is 0.166. The van der Waals surface area contributed by atoms with Crippen LogP contribution in [0.2, 0.25) is 5.02 Å². The Morgan fingerprint density at radius 2 is 1.73 bits per heavy atom. The number of ether oxygens (including phenoxy) is 2. The molecule has 6 rings (SSSR count). The van der Waals surface area contributed by atoms with Crippen LogP contribution in [0.4, 0.5) is 5.95 Å². The standard InChI is InChI=1S/C29H36ClN7O3/c1-18-4-6-19(7-5-18)14-36-27-24(34-29(36)37-22(15-38-2)8-9-23(37)16-39-3)11-25(28-32-17-40-35-28)33-26(27)20-10-21(30)13-31-12-20/h10-13,17-19,22-23H,4-9,14-16H2,1-3H3/t18?,19?,22-,23-/m0/s1.